The van der Waals surface area contributed by atoms with Crippen molar-refractivity contribution in [3.05, 3.63) is 188 Å². The Kier molecular flexibility index (Phi) is 7.67. The molecule has 4 heterocycles. The van der Waals surface area contributed by atoms with Crippen LogP contribution in [0.25, 0.3) is 131 Å². The van der Waals surface area contributed by atoms with Crippen LogP contribution in [-0.4, -0.2) is 24.9 Å². The molecule has 0 amide bonds. The lowest BCUT2D eigenvalue weighted by Gasteiger charge is -2.13. The topological polar surface area (TPSA) is 77.6 Å². The lowest BCUT2D eigenvalue weighted by atomic mass is 9.93. The van der Waals surface area contributed by atoms with Crippen LogP contribution in [-0.2, 0) is 0 Å². The molecule has 0 radical (unpaired) electrons. The summed E-state index contributed by atoms with van der Waals surface area (Å²) < 4.78 is 8.89. The molecule has 13 rings (SSSR count). The summed E-state index contributed by atoms with van der Waals surface area (Å²) in [7, 11) is 0. The fraction of sp³-hybridized carbons (Fsp3) is 0. The van der Waals surface area contributed by atoms with Gasteiger partial charge in [0.1, 0.15) is 11.2 Å². The number of fused-ring (bicyclic) bond motifs is 12. The highest BCUT2D eigenvalue weighted by Gasteiger charge is 2.24. The van der Waals surface area contributed by atoms with E-state index in [2.05, 4.69) is 115 Å². The molecule has 0 spiro atoms. The fourth-order valence-corrected chi connectivity index (χ4v) is 10.3. The first-order chi connectivity index (χ1) is 30.7. The molecule has 0 aliphatic heterocycles. The summed E-state index contributed by atoms with van der Waals surface area (Å²) in [5.41, 5.74) is 7.85. The maximum Gasteiger partial charge on any atom is 0.164 e. The van der Waals surface area contributed by atoms with Gasteiger partial charge in [-0.2, -0.15) is 0 Å². The Labute approximate surface area is 358 Å². The van der Waals surface area contributed by atoms with Gasteiger partial charge < -0.3 is 4.42 Å². The largest absolute Gasteiger partial charge is 0.456 e. The average molecular weight is 810 g/mol. The van der Waals surface area contributed by atoms with Gasteiger partial charge in [-0.25, -0.2) is 24.9 Å². The monoisotopic (exact) mass is 809 g/mol. The van der Waals surface area contributed by atoms with Crippen molar-refractivity contribution in [2.75, 3.05) is 0 Å². The highest BCUT2D eigenvalue weighted by atomic mass is 32.1. The SMILES string of the molecule is c1ccc(-c2nc(-c3ccc4c5ccccc5c5ccccc5c4c3)nc(-c3cccc4oc5cccc(-c6nc(-c7ccccc7)nc7c6sc6ccccc67)c5c34)n2)cc1. The third kappa shape index (κ3) is 5.39. The van der Waals surface area contributed by atoms with Gasteiger partial charge in [-0.15, -0.1) is 11.3 Å². The summed E-state index contributed by atoms with van der Waals surface area (Å²) in [6, 6.07) is 65.0. The third-order valence-electron chi connectivity index (χ3n) is 11.9. The van der Waals surface area contributed by atoms with Crippen molar-refractivity contribution in [1.29, 1.82) is 0 Å². The number of nitrogens with zero attached hydrogens (tertiary/aromatic N) is 5. The third-order valence-corrected chi connectivity index (χ3v) is 13.1. The zero-order valence-corrected chi connectivity index (χ0v) is 33.8. The van der Waals surface area contributed by atoms with Crippen LogP contribution in [0.1, 0.15) is 0 Å². The molecule has 0 aliphatic carbocycles. The Balaban J connectivity index is 1.08. The first-order valence-electron chi connectivity index (χ1n) is 20.6. The van der Waals surface area contributed by atoms with Gasteiger partial charge in [0, 0.05) is 48.7 Å². The Bertz CT molecular complexity index is 3900. The van der Waals surface area contributed by atoms with Crippen molar-refractivity contribution >= 4 is 85.9 Å². The Morgan fingerprint density at radius 3 is 1.50 bits per heavy atom. The van der Waals surface area contributed by atoms with Gasteiger partial charge in [-0.3, -0.25) is 0 Å². The molecule has 7 heteroatoms. The molecular formula is C55H31N5OS. The molecule has 0 bridgehead atoms. The van der Waals surface area contributed by atoms with Gasteiger partial charge in [0.05, 0.1) is 15.9 Å². The number of hydrogen-bond acceptors (Lipinski definition) is 7. The van der Waals surface area contributed by atoms with Crippen LogP contribution >= 0.6 is 11.3 Å². The molecular weight excluding hydrogens is 779 g/mol. The van der Waals surface area contributed by atoms with Gasteiger partial charge in [-0.1, -0.05) is 164 Å². The van der Waals surface area contributed by atoms with E-state index in [0.29, 0.717) is 23.3 Å². The summed E-state index contributed by atoms with van der Waals surface area (Å²) >= 11 is 1.72. The van der Waals surface area contributed by atoms with E-state index in [-0.39, 0.29) is 0 Å². The lowest BCUT2D eigenvalue weighted by Crippen LogP contribution is -2.00. The zero-order chi connectivity index (χ0) is 40.7. The zero-order valence-electron chi connectivity index (χ0n) is 33.0. The molecule has 13 aromatic rings. The fourth-order valence-electron chi connectivity index (χ4n) is 9.13. The Hall–Kier alpha value is -8.13. The molecule has 0 unspecified atom stereocenters. The van der Waals surface area contributed by atoms with Crippen LogP contribution in [0.5, 0.6) is 0 Å². The summed E-state index contributed by atoms with van der Waals surface area (Å²) in [6.45, 7) is 0. The van der Waals surface area contributed by atoms with Gasteiger partial charge in [0.2, 0.25) is 0 Å². The summed E-state index contributed by atoms with van der Waals surface area (Å²) in [5.74, 6) is 2.41. The molecule has 9 aromatic carbocycles. The molecule has 0 N–H and O–H groups in total. The number of rotatable bonds is 5. The maximum absolute atomic E-state index is 6.71. The second kappa shape index (κ2) is 13.7. The van der Waals surface area contributed by atoms with Crippen LogP contribution in [0.15, 0.2) is 192 Å². The number of aromatic nitrogens is 5. The summed E-state index contributed by atoms with van der Waals surface area (Å²) in [5, 5.41) is 10.2. The molecule has 0 fully saturated rings. The van der Waals surface area contributed by atoms with Crippen LogP contribution in [0, 0.1) is 0 Å². The number of hydrogen-bond donors (Lipinski definition) is 0. The normalized spacial score (nSPS) is 11.9. The minimum absolute atomic E-state index is 0.556. The Morgan fingerprint density at radius 1 is 0.339 bits per heavy atom. The molecule has 0 saturated heterocycles. The standard InChI is InChI=1S/C55H31N5OS/c1-3-15-32(16-4-1)52-56-49-40-23-11-12-28-46(40)62-51(49)50(57-52)41-24-13-26-44-47(41)48-42(25-14-27-45(48)61-44)55-59-53(33-17-5-2-6-18-33)58-54(60-55)34-29-30-39-37-21-8-7-19-35(37)36-20-9-10-22-38(36)43(39)31-34/h1-31H. The van der Waals surface area contributed by atoms with Crippen LogP contribution in [0.2, 0.25) is 0 Å². The Morgan fingerprint density at radius 2 is 0.839 bits per heavy atom. The van der Waals surface area contributed by atoms with E-state index in [1.807, 2.05) is 72.8 Å². The van der Waals surface area contributed by atoms with Gasteiger partial charge in [-0.05, 0) is 56.6 Å². The molecule has 0 saturated carbocycles. The van der Waals surface area contributed by atoms with Crippen molar-refractivity contribution in [3.63, 3.8) is 0 Å². The van der Waals surface area contributed by atoms with Crippen molar-refractivity contribution in [1.82, 2.24) is 24.9 Å². The van der Waals surface area contributed by atoms with Gasteiger partial charge in [0.15, 0.2) is 23.3 Å². The smallest absolute Gasteiger partial charge is 0.164 e. The van der Waals surface area contributed by atoms with Crippen molar-refractivity contribution < 1.29 is 4.42 Å². The first-order valence-corrected chi connectivity index (χ1v) is 21.4. The summed E-state index contributed by atoms with van der Waals surface area (Å²) in [4.78, 5) is 26.3. The molecule has 288 valence electrons. The molecule has 0 atom stereocenters. The second-order valence-corrected chi connectivity index (χ2v) is 16.6. The minimum atomic E-state index is 0.556. The first kappa shape index (κ1) is 34.7. The van der Waals surface area contributed by atoms with E-state index in [1.165, 1.54) is 26.9 Å². The lowest BCUT2D eigenvalue weighted by molar-refractivity contribution is 0.669. The van der Waals surface area contributed by atoms with E-state index in [0.717, 1.165) is 81.1 Å². The predicted octanol–water partition coefficient (Wildman–Crippen LogP) is 14.7. The van der Waals surface area contributed by atoms with E-state index in [9.17, 15) is 0 Å². The van der Waals surface area contributed by atoms with Gasteiger partial charge >= 0.3 is 0 Å². The van der Waals surface area contributed by atoms with E-state index in [1.54, 1.807) is 11.3 Å². The number of thiophene rings is 1. The number of furan rings is 1. The van der Waals surface area contributed by atoms with Crippen molar-refractivity contribution in [3.8, 4) is 56.8 Å². The minimum Gasteiger partial charge on any atom is -0.456 e. The quantitative estimate of drug-likeness (QED) is 0.161. The van der Waals surface area contributed by atoms with Crippen LogP contribution < -0.4 is 0 Å². The highest BCUT2D eigenvalue weighted by Crippen LogP contribution is 2.46. The van der Waals surface area contributed by atoms with E-state index < -0.39 is 0 Å². The van der Waals surface area contributed by atoms with Crippen molar-refractivity contribution in [2.24, 2.45) is 0 Å². The molecule has 62 heavy (non-hydrogen) atoms. The van der Waals surface area contributed by atoms with Gasteiger partial charge in [0.25, 0.3) is 0 Å². The molecule has 4 aromatic heterocycles. The summed E-state index contributed by atoms with van der Waals surface area (Å²) in [6.07, 6.45) is 0. The highest BCUT2D eigenvalue weighted by molar-refractivity contribution is 7.26. The second-order valence-electron chi connectivity index (χ2n) is 15.5. The van der Waals surface area contributed by atoms with E-state index >= 15 is 0 Å². The average Bonchev–Trinajstić information content (AvgIpc) is 3.93. The van der Waals surface area contributed by atoms with E-state index in [4.69, 9.17) is 29.3 Å². The van der Waals surface area contributed by atoms with Crippen LogP contribution in [0.4, 0.5) is 0 Å². The number of benzene rings is 9. The van der Waals surface area contributed by atoms with Crippen LogP contribution in [0.3, 0.4) is 0 Å². The maximum atomic E-state index is 6.71. The molecule has 6 nitrogen and oxygen atoms in total. The predicted molar refractivity (Wildman–Crippen MR) is 255 cm³/mol. The molecule has 0 aliphatic rings. The van der Waals surface area contributed by atoms with Crippen molar-refractivity contribution in [2.45, 2.75) is 0 Å².